The molecule has 0 aliphatic carbocycles. The molecule has 0 bridgehead atoms. The number of nitrogens with zero attached hydrogens (tertiary/aromatic N) is 2. The maximum Gasteiger partial charge on any atom is 0.357 e. The van der Waals surface area contributed by atoms with E-state index in [0.717, 1.165) is 16.3 Å². The number of amides is 4. The summed E-state index contributed by atoms with van der Waals surface area (Å²) >= 11 is 6.84. The van der Waals surface area contributed by atoms with Crippen molar-refractivity contribution in [2.24, 2.45) is 0 Å². The van der Waals surface area contributed by atoms with Gasteiger partial charge in [-0.15, -0.1) is 11.3 Å². The second-order valence-corrected chi connectivity index (χ2v) is 6.65. The molecular formula is C17H20ClN5O4S. The Labute approximate surface area is 171 Å². The van der Waals surface area contributed by atoms with Gasteiger partial charge in [-0.1, -0.05) is 18.5 Å². The van der Waals surface area contributed by atoms with Gasteiger partial charge in [-0.05, 0) is 37.6 Å². The van der Waals surface area contributed by atoms with E-state index < -0.39 is 18.0 Å². The first-order valence-electron chi connectivity index (χ1n) is 8.48. The number of benzene rings is 1. The standard InChI is InChI=1S/C17H20ClN5O4S/c1-3-9-19-16(26)23(17-21-13(10-28-17)14(24)27-4-2)22-15(25)20-12-7-5-11(18)6-8-12/h5-8,10H,3-4,9H2,1-2H3,(H,19,26)(H2,20,22,25). The SMILES string of the molecule is CCCNC(=O)N(NC(=O)Nc1ccc(Cl)cc1)c1nc(C(=O)OCC)cs1. The highest BCUT2D eigenvalue weighted by Gasteiger charge is 2.23. The molecule has 2 aromatic rings. The van der Waals surface area contributed by atoms with Gasteiger partial charge in [0.25, 0.3) is 0 Å². The monoisotopic (exact) mass is 425 g/mol. The van der Waals surface area contributed by atoms with E-state index in [-0.39, 0.29) is 17.4 Å². The van der Waals surface area contributed by atoms with E-state index in [4.69, 9.17) is 16.3 Å². The van der Waals surface area contributed by atoms with Gasteiger partial charge in [0.2, 0.25) is 5.13 Å². The van der Waals surface area contributed by atoms with Crippen molar-refractivity contribution in [2.45, 2.75) is 20.3 Å². The van der Waals surface area contributed by atoms with Crippen LogP contribution in [0.5, 0.6) is 0 Å². The van der Waals surface area contributed by atoms with Crippen LogP contribution in [0.4, 0.5) is 20.4 Å². The van der Waals surface area contributed by atoms with Crippen molar-refractivity contribution in [1.82, 2.24) is 15.7 Å². The lowest BCUT2D eigenvalue weighted by Gasteiger charge is -2.21. The minimum absolute atomic E-state index is 0.0510. The first-order chi connectivity index (χ1) is 13.4. The maximum absolute atomic E-state index is 12.4. The summed E-state index contributed by atoms with van der Waals surface area (Å²) in [5.74, 6) is -0.607. The number of rotatable bonds is 6. The predicted octanol–water partition coefficient (Wildman–Crippen LogP) is 3.64. The molecule has 2 rings (SSSR count). The Morgan fingerprint density at radius 1 is 1.21 bits per heavy atom. The van der Waals surface area contributed by atoms with Crippen LogP contribution in [0, 0.1) is 0 Å². The molecule has 0 aliphatic rings. The van der Waals surface area contributed by atoms with Crippen LogP contribution in [0.2, 0.25) is 5.02 Å². The van der Waals surface area contributed by atoms with E-state index in [1.807, 2.05) is 6.92 Å². The van der Waals surface area contributed by atoms with Crippen LogP contribution in [0.25, 0.3) is 0 Å². The molecule has 1 aromatic carbocycles. The fourth-order valence-corrected chi connectivity index (χ4v) is 2.83. The molecule has 11 heteroatoms. The van der Waals surface area contributed by atoms with Crippen LogP contribution >= 0.6 is 22.9 Å². The van der Waals surface area contributed by atoms with E-state index in [9.17, 15) is 14.4 Å². The molecule has 9 nitrogen and oxygen atoms in total. The molecule has 0 saturated heterocycles. The molecule has 3 N–H and O–H groups in total. The zero-order valence-corrected chi connectivity index (χ0v) is 16.9. The zero-order valence-electron chi connectivity index (χ0n) is 15.3. The number of aromatic nitrogens is 1. The van der Waals surface area contributed by atoms with Gasteiger partial charge >= 0.3 is 18.0 Å². The first-order valence-corrected chi connectivity index (χ1v) is 9.74. The van der Waals surface area contributed by atoms with E-state index >= 15 is 0 Å². The Balaban J connectivity index is 2.14. The molecule has 0 saturated carbocycles. The summed E-state index contributed by atoms with van der Waals surface area (Å²) in [5, 5.41) is 8.27. The van der Waals surface area contributed by atoms with Gasteiger partial charge in [0.05, 0.1) is 6.61 Å². The van der Waals surface area contributed by atoms with Crippen molar-refractivity contribution in [2.75, 3.05) is 23.5 Å². The van der Waals surface area contributed by atoms with E-state index in [1.54, 1.807) is 31.2 Å². The second-order valence-electron chi connectivity index (χ2n) is 5.38. The third kappa shape index (κ3) is 6.10. The van der Waals surface area contributed by atoms with E-state index in [0.29, 0.717) is 23.7 Å². The molecule has 0 aliphatic heterocycles. The topological polar surface area (TPSA) is 113 Å². The third-order valence-electron chi connectivity index (χ3n) is 3.21. The molecule has 0 radical (unpaired) electrons. The molecule has 1 aromatic heterocycles. The highest BCUT2D eigenvalue weighted by molar-refractivity contribution is 7.14. The van der Waals surface area contributed by atoms with Crippen molar-refractivity contribution >= 4 is 51.8 Å². The normalized spacial score (nSPS) is 10.1. The van der Waals surface area contributed by atoms with Crippen LogP contribution < -0.4 is 21.1 Å². The number of hydrogen-bond acceptors (Lipinski definition) is 6. The van der Waals surface area contributed by atoms with E-state index in [1.165, 1.54) is 5.38 Å². The highest BCUT2D eigenvalue weighted by atomic mass is 35.5. The van der Waals surface area contributed by atoms with Crippen molar-refractivity contribution in [3.05, 3.63) is 40.4 Å². The van der Waals surface area contributed by atoms with Gasteiger partial charge in [-0.25, -0.2) is 24.8 Å². The van der Waals surface area contributed by atoms with Gasteiger partial charge < -0.3 is 15.4 Å². The summed E-state index contributed by atoms with van der Waals surface area (Å²) in [6.07, 6.45) is 0.711. The van der Waals surface area contributed by atoms with Gasteiger partial charge in [-0.3, -0.25) is 0 Å². The fourth-order valence-electron chi connectivity index (χ4n) is 1.96. The number of thiazole rings is 1. The van der Waals surface area contributed by atoms with Gasteiger partial charge in [0, 0.05) is 22.6 Å². The van der Waals surface area contributed by atoms with Crippen molar-refractivity contribution < 1.29 is 19.1 Å². The number of carbonyl (C=O) groups excluding carboxylic acids is 3. The Kier molecular flexibility index (Phi) is 8.02. The quantitative estimate of drug-likeness (QED) is 0.483. The molecule has 1 heterocycles. The second kappa shape index (κ2) is 10.5. The smallest absolute Gasteiger partial charge is 0.357 e. The van der Waals surface area contributed by atoms with Gasteiger partial charge in [0.1, 0.15) is 0 Å². The molecule has 28 heavy (non-hydrogen) atoms. The summed E-state index contributed by atoms with van der Waals surface area (Å²) in [6.45, 7) is 4.19. The number of nitrogens with one attached hydrogen (secondary N) is 3. The Bertz CT molecular complexity index is 827. The van der Waals surface area contributed by atoms with Crippen molar-refractivity contribution in [3.63, 3.8) is 0 Å². The number of ether oxygens (including phenoxy) is 1. The largest absolute Gasteiger partial charge is 0.461 e. The number of halogens is 1. The lowest BCUT2D eigenvalue weighted by Crippen LogP contribution is -2.52. The zero-order chi connectivity index (χ0) is 20.5. The van der Waals surface area contributed by atoms with Crippen molar-refractivity contribution in [1.29, 1.82) is 0 Å². The van der Waals surface area contributed by atoms with Crippen LogP contribution in [-0.4, -0.2) is 36.2 Å². The van der Waals surface area contributed by atoms with Gasteiger partial charge in [-0.2, -0.15) is 5.01 Å². The van der Waals surface area contributed by atoms with Gasteiger partial charge in [0.15, 0.2) is 5.69 Å². The highest BCUT2D eigenvalue weighted by Crippen LogP contribution is 2.20. The number of urea groups is 2. The minimum atomic E-state index is -0.665. The molecule has 0 spiro atoms. The molecule has 150 valence electrons. The van der Waals surface area contributed by atoms with Crippen LogP contribution in [0.15, 0.2) is 29.6 Å². The average molecular weight is 426 g/mol. The summed E-state index contributed by atoms with van der Waals surface area (Å²) in [5.41, 5.74) is 2.96. The molecule has 0 unspecified atom stereocenters. The van der Waals surface area contributed by atoms with Crippen LogP contribution in [0.3, 0.4) is 0 Å². The number of hydrogen-bond donors (Lipinski definition) is 3. The third-order valence-corrected chi connectivity index (χ3v) is 4.29. The Hall–Kier alpha value is -2.85. The molecule has 4 amide bonds. The van der Waals surface area contributed by atoms with Crippen LogP contribution in [0.1, 0.15) is 30.8 Å². The lowest BCUT2D eigenvalue weighted by atomic mass is 10.3. The number of anilines is 2. The average Bonchev–Trinajstić information content (AvgIpc) is 3.16. The van der Waals surface area contributed by atoms with Crippen LogP contribution in [-0.2, 0) is 4.74 Å². The summed E-state index contributed by atoms with van der Waals surface area (Å²) in [7, 11) is 0. The summed E-state index contributed by atoms with van der Waals surface area (Å²) in [4.78, 5) is 40.6. The number of esters is 1. The first kappa shape index (κ1) is 21.5. The summed E-state index contributed by atoms with van der Waals surface area (Å²) < 4.78 is 4.89. The number of carbonyl (C=O) groups is 3. The predicted molar refractivity (Wildman–Crippen MR) is 108 cm³/mol. The Morgan fingerprint density at radius 2 is 1.93 bits per heavy atom. The maximum atomic E-state index is 12.4. The van der Waals surface area contributed by atoms with Crippen molar-refractivity contribution in [3.8, 4) is 0 Å². The summed E-state index contributed by atoms with van der Waals surface area (Å²) in [6, 6.07) is 5.22. The molecule has 0 atom stereocenters. The Morgan fingerprint density at radius 3 is 2.57 bits per heavy atom. The number of hydrazine groups is 1. The molecular weight excluding hydrogens is 406 g/mol. The minimum Gasteiger partial charge on any atom is -0.461 e. The lowest BCUT2D eigenvalue weighted by molar-refractivity contribution is 0.0520. The molecule has 0 fully saturated rings. The van der Waals surface area contributed by atoms with E-state index in [2.05, 4.69) is 21.0 Å². The fraction of sp³-hybridized carbons (Fsp3) is 0.294.